The molecule has 2 aromatic rings. The van der Waals surface area contributed by atoms with Crippen molar-refractivity contribution < 1.29 is 14.6 Å². The molecule has 4 rings (SSSR count). The molecule has 0 radical (unpaired) electrons. The fourth-order valence-corrected chi connectivity index (χ4v) is 4.03. The minimum absolute atomic E-state index is 0.0330. The Labute approximate surface area is 147 Å². The molecule has 1 aliphatic heterocycles. The molecule has 4 atom stereocenters. The van der Waals surface area contributed by atoms with Crippen molar-refractivity contribution in [3.05, 3.63) is 71.3 Å². The Kier molecular flexibility index (Phi) is 4.55. The summed E-state index contributed by atoms with van der Waals surface area (Å²) in [6, 6.07) is 17.5. The molecule has 2 aromatic carbocycles. The highest BCUT2D eigenvalue weighted by Gasteiger charge is 2.37. The van der Waals surface area contributed by atoms with Crippen molar-refractivity contribution in [2.75, 3.05) is 6.61 Å². The predicted molar refractivity (Wildman–Crippen MR) is 94.9 cm³/mol. The fourth-order valence-electron chi connectivity index (χ4n) is 4.03. The third-order valence-electron chi connectivity index (χ3n) is 5.29. The van der Waals surface area contributed by atoms with E-state index in [1.54, 1.807) is 0 Å². The van der Waals surface area contributed by atoms with E-state index in [1.165, 1.54) is 0 Å². The first kappa shape index (κ1) is 16.3. The third-order valence-corrected chi connectivity index (χ3v) is 5.29. The van der Waals surface area contributed by atoms with Gasteiger partial charge < -0.3 is 15.2 Å². The van der Waals surface area contributed by atoms with Crippen LogP contribution in [0.4, 0.5) is 0 Å². The largest absolute Gasteiger partial charge is 0.390 e. The zero-order valence-electron chi connectivity index (χ0n) is 14.1. The second-order valence-electron chi connectivity index (χ2n) is 6.91. The number of hydrogen-bond donors (Lipinski definition) is 2. The minimum atomic E-state index is -0.568. The Hall–Kier alpha value is -2.17. The van der Waals surface area contributed by atoms with E-state index in [4.69, 9.17) is 4.74 Å². The number of nitrogens with one attached hydrogen (secondary N) is 1. The summed E-state index contributed by atoms with van der Waals surface area (Å²) in [5.74, 6) is -0.259. The van der Waals surface area contributed by atoms with Crippen molar-refractivity contribution in [1.29, 1.82) is 0 Å². The van der Waals surface area contributed by atoms with Crippen molar-refractivity contribution in [2.24, 2.45) is 5.92 Å². The van der Waals surface area contributed by atoms with Crippen LogP contribution in [0.1, 0.15) is 41.7 Å². The summed E-state index contributed by atoms with van der Waals surface area (Å²) >= 11 is 0. The highest BCUT2D eigenvalue weighted by Crippen LogP contribution is 2.36. The summed E-state index contributed by atoms with van der Waals surface area (Å²) in [6.07, 6.45) is 1.48. The second kappa shape index (κ2) is 6.98. The van der Waals surface area contributed by atoms with E-state index in [0.29, 0.717) is 13.0 Å². The van der Waals surface area contributed by atoms with Crippen molar-refractivity contribution >= 4 is 5.91 Å². The molecular formula is C21H23NO3. The molecule has 0 aromatic heterocycles. The van der Waals surface area contributed by atoms with Gasteiger partial charge in [-0.25, -0.2) is 0 Å². The van der Waals surface area contributed by atoms with Crippen LogP contribution in [0.2, 0.25) is 0 Å². The van der Waals surface area contributed by atoms with E-state index in [2.05, 4.69) is 5.32 Å². The van der Waals surface area contributed by atoms with Crippen molar-refractivity contribution in [3.63, 3.8) is 0 Å². The van der Waals surface area contributed by atoms with Crippen LogP contribution in [-0.4, -0.2) is 23.7 Å². The number of ether oxygens (including phenoxy) is 1. The van der Waals surface area contributed by atoms with Gasteiger partial charge in [0.1, 0.15) is 0 Å². The summed E-state index contributed by atoms with van der Waals surface area (Å²) in [7, 11) is 0. The Bertz CT molecular complexity index is 746. The monoisotopic (exact) mass is 337 g/mol. The van der Waals surface area contributed by atoms with Gasteiger partial charge in [0.25, 0.3) is 0 Å². The van der Waals surface area contributed by atoms with Gasteiger partial charge in [-0.3, -0.25) is 4.79 Å². The van der Waals surface area contributed by atoms with Gasteiger partial charge in [0.15, 0.2) is 0 Å². The van der Waals surface area contributed by atoms with Gasteiger partial charge in [-0.2, -0.15) is 0 Å². The third kappa shape index (κ3) is 3.20. The van der Waals surface area contributed by atoms with E-state index in [0.717, 1.165) is 29.5 Å². The molecule has 2 aliphatic rings. The van der Waals surface area contributed by atoms with Gasteiger partial charge in [-0.15, -0.1) is 0 Å². The van der Waals surface area contributed by atoms with Crippen molar-refractivity contribution in [2.45, 2.75) is 37.5 Å². The average molecular weight is 337 g/mol. The highest BCUT2D eigenvalue weighted by atomic mass is 16.5. The molecule has 2 N–H and O–H groups in total. The molecule has 1 fully saturated rings. The maximum Gasteiger partial charge on any atom is 0.226 e. The van der Waals surface area contributed by atoms with Gasteiger partial charge in [-0.05, 0) is 29.5 Å². The molecule has 0 bridgehead atoms. The van der Waals surface area contributed by atoms with Crippen molar-refractivity contribution in [3.8, 4) is 0 Å². The molecule has 0 unspecified atom stereocenters. The van der Waals surface area contributed by atoms with Crippen LogP contribution in [0.5, 0.6) is 0 Å². The first-order valence-electron chi connectivity index (χ1n) is 8.97. The lowest BCUT2D eigenvalue weighted by atomic mass is 9.88. The summed E-state index contributed by atoms with van der Waals surface area (Å²) in [5, 5.41) is 13.5. The SMILES string of the molecule is O=C(N[C@@H]1c2ccccc2C[C@@H]1O)[C@H]1CCCO[C@@H]1c1ccccc1. The normalized spacial score (nSPS) is 28.4. The molecule has 1 aliphatic carbocycles. The molecule has 1 amide bonds. The van der Waals surface area contributed by atoms with Crippen LogP contribution >= 0.6 is 0 Å². The number of carbonyl (C=O) groups is 1. The number of amides is 1. The summed E-state index contributed by atoms with van der Waals surface area (Å²) < 4.78 is 5.94. The molecule has 0 saturated carbocycles. The quantitative estimate of drug-likeness (QED) is 0.905. The predicted octanol–water partition coefficient (Wildman–Crippen LogP) is 2.93. The Morgan fingerprint density at radius 2 is 1.84 bits per heavy atom. The number of aliphatic hydroxyl groups excluding tert-OH is 1. The molecule has 4 nitrogen and oxygen atoms in total. The minimum Gasteiger partial charge on any atom is -0.390 e. The topological polar surface area (TPSA) is 58.6 Å². The van der Waals surface area contributed by atoms with Crippen LogP contribution in [-0.2, 0) is 16.0 Å². The lowest BCUT2D eigenvalue weighted by molar-refractivity contribution is -0.136. The lowest BCUT2D eigenvalue weighted by Gasteiger charge is -2.32. The van der Waals surface area contributed by atoms with Crippen molar-refractivity contribution in [1.82, 2.24) is 5.32 Å². The Morgan fingerprint density at radius 3 is 2.68 bits per heavy atom. The van der Waals surface area contributed by atoms with Gasteiger partial charge >= 0.3 is 0 Å². The standard InChI is InChI=1S/C21H23NO3/c23-18-13-15-9-4-5-10-16(15)19(18)22-21(24)17-11-6-12-25-20(17)14-7-2-1-3-8-14/h1-5,7-10,17-20,23H,6,11-13H2,(H,22,24)/t17-,18-,19+,20+/m0/s1. The number of rotatable bonds is 3. The zero-order valence-corrected chi connectivity index (χ0v) is 14.1. The average Bonchev–Trinajstić information content (AvgIpc) is 2.98. The van der Waals surface area contributed by atoms with E-state index in [1.807, 2.05) is 54.6 Å². The van der Waals surface area contributed by atoms with Crippen LogP contribution in [0.15, 0.2) is 54.6 Å². The van der Waals surface area contributed by atoms with E-state index < -0.39 is 6.10 Å². The van der Waals surface area contributed by atoms with Crippen LogP contribution < -0.4 is 5.32 Å². The summed E-state index contributed by atoms with van der Waals surface area (Å²) in [6.45, 7) is 0.679. The first-order valence-corrected chi connectivity index (χ1v) is 8.97. The van der Waals surface area contributed by atoms with Gasteiger partial charge in [0.2, 0.25) is 5.91 Å². The molecule has 4 heteroatoms. The van der Waals surface area contributed by atoms with E-state index >= 15 is 0 Å². The highest BCUT2D eigenvalue weighted by molar-refractivity contribution is 5.80. The van der Waals surface area contributed by atoms with Gasteiger partial charge in [-0.1, -0.05) is 54.6 Å². The van der Waals surface area contributed by atoms with E-state index in [9.17, 15) is 9.90 Å². The number of benzene rings is 2. The van der Waals surface area contributed by atoms with Gasteiger partial charge in [0, 0.05) is 13.0 Å². The Balaban J connectivity index is 1.54. The zero-order chi connectivity index (χ0) is 17.2. The molecule has 130 valence electrons. The second-order valence-corrected chi connectivity index (χ2v) is 6.91. The summed E-state index contributed by atoms with van der Waals surface area (Å²) in [4.78, 5) is 13.0. The number of hydrogen-bond acceptors (Lipinski definition) is 3. The molecule has 1 saturated heterocycles. The first-order chi connectivity index (χ1) is 12.2. The number of fused-ring (bicyclic) bond motifs is 1. The maximum absolute atomic E-state index is 13.0. The van der Waals surface area contributed by atoms with Crippen LogP contribution in [0, 0.1) is 5.92 Å². The number of carbonyl (C=O) groups excluding carboxylic acids is 1. The molecule has 25 heavy (non-hydrogen) atoms. The molecular weight excluding hydrogens is 314 g/mol. The lowest BCUT2D eigenvalue weighted by Crippen LogP contribution is -2.41. The smallest absolute Gasteiger partial charge is 0.226 e. The van der Waals surface area contributed by atoms with Crippen LogP contribution in [0.3, 0.4) is 0 Å². The molecule has 0 spiro atoms. The fraction of sp³-hybridized carbons (Fsp3) is 0.381. The van der Waals surface area contributed by atoms with Crippen LogP contribution in [0.25, 0.3) is 0 Å². The number of aliphatic hydroxyl groups is 1. The Morgan fingerprint density at radius 1 is 1.08 bits per heavy atom. The summed E-state index contributed by atoms with van der Waals surface area (Å²) in [5.41, 5.74) is 3.17. The maximum atomic E-state index is 13.0. The van der Waals surface area contributed by atoms with Gasteiger partial charge in [0.05, 0.1) is 24.2 Å². The molecule has 1 heterocycles. The van der Waals surface area contributed by atoms with E-state index in [-0.39, 0.29) is 24.0 Å².